The van der Waals surface area contributed by atoms with E-state index in [-0.39, 0.29) is 11.7 Å². The molecule has 218 valence electrons. The summed E-state index contributed by atoms with van der Waals surface area (Å²) < 4.78 is 5.90. The highest BCUT2D eigenvalue weighted by atomic mass is 32.1. The number of amides is 2. The third kappa shape index (κ3) is 8.45. The molecule has 1 aliphatic rings. The summed E-state index contributed by atoms with van der Waals surface area (Å²) >= 11 is 1.17. The number of piperidine rings is 1. The fourth-order valence-electron chi connectivity index (χ4n) is 4.83. The summed E-state index contributed by atoms with van der Waals surface area (Å²) in [6.07, 6.45) is 4.11. The van der Waals surface area contributed by atoms with Crippen LogP contribution in [0, 0.1) is 0 Å². The number of likely N-dealkylation sites (tertiary alicyclic amines) is 1. The number of aromatic nitrogens is 1. The lowest BCUT2D eigenvalue weighted by molar-refractivity contribution is -0.127. The molecule has 3 atom stereocenters. The third-order valence-corrected chi connectivity index (χ3v) is 8.15. The third-order valence-electron chi connectivity index (χ3n) is 7.39. The zero-order valence-electron chi connectivity index (χ0n) is 23.7. The Morgan fingerprint density at radius 3 is 2.39 bits per heavy atom. The topological polar surface area (TPSA) is 127 Å². The van der Waals surface area contributed by atoms with Crippen LogP contribution in [0.1, 0.15) is 73.1 Å². The summed E-state index contributed by atoms with van der Waals surface area (Å²) in [4.78, 5) is 45.4. The summed E-state index contributed by atoms with van der Waals surface area (Å²) in [6.45, 7) is 7.37. The van der Waals surface area contributed by atoms with Gasteiger partial charge in [-0.05, 0) is 49.2 Å². The number of hydrogen-bond donors (Lipinski definition) is 3. The van der Waals surface area contributed by atoms with Crippen molar-refractivity contribution < 1.29 is 19.1 Å². The molecule has 2 heterocycles. The van der Waals surface area contributed by atoms with Crippen molar-refractivity contribution in [2.24, 2.45) is 5.73 Å². The Bertz CT molecular complexity index is 1290. The van der Waals surface area contributed by atoms with E-state index in [2.05, 4.69) is 20.5 Å². The van der Waals surface area contributed by atoms with Crippen LogP contribution in [0.25, 0.3) is 0 Å². The maximum Gasteiger partial charge on any atom is 0.249 e. The Hall–Kier alpha value is -3.60. The van der Waals surface area contributed by atoms with Crippen LogP contribution in [0.5, 0.6) is 5.75 Å². The molecule has 4 N–H and O–H groups in total. The van der Waals surface area contributed by atoms with Gasteiger partial charge in [0.2, 0.25) is 11.8 Å². The van der Waals surface area contributed by atoms with Gasteiger partial charge in [-0.3, -0.25) is 19.3 Å². The van der Waals surface area contributed by atoms with Crippen molar-refractivity contribution in [3.63, 3.8) is 0 Å². The van der Waals surface area contributed by atoms with Gasteiger partial charge in [0.1, 0.15) is 30.1 Å². The zero-order valence-corrected chi connectivity index (χ0v) is 24.5. The van der Waals surface area contributed by atoms with E-state index in [0.29, 0.717) is 29.4 Å². The smallest absolute Gasteiger partial charge is 0.249 e. The summed E-state index contributed by atoms with van der Waals surface area (Å²) in [5.74, 6) is -0.664. The molecule has 10 heteroatoms. The molecule has 2 aromatic carbocycles. The largest absolute Gasteiger partial charge is 0.492 e. The second-order valence-corrected chi connectivity index (χ2v) is 11.1. The second kappa shape index (κ2) is 14.9. The molecule has 9 nitrogen and oxygen atoms in total. The molecule has 0 spiro atoms. The fourth-order valence-corrected chi connectivity index (χ4v) is 5.55. The van der Waals surface area contributed by atoms with Crippen LogP contribution in [0.4, 0.5) is 5.13 Å². The first-order valence-electron chi connectivity index (χ1n) is 14.2. The molecule has 3 aromatic rings. The Morgan fingerprint density at radius 1 is 1.00 bits per heavy atom. The van der Waals surface area contributed by atoms with Crippen LogP contribution in [0.2, 0.25) is 0 Å². The zero-order chi connectivity index (χ0) is 29.2. The first-order valence-corrected chi connectivity index (χ1v) is 15.1. The molecule has 1 aliphatic heterocycles. The highest BCUT2D eigenvalue weighted by molar-refractivity contribution is 7.14. The van der Waals surface area contributed by atoms with Crippen molar-refractivity contribution in [2.75, 3.05) is 31.6 Å². The lowest BCUT2D eigenvalue weighted by Crippen LogP contribution is -2.49. The second-order valence-electron chi connectivity index (χ2n) is 10.3. The molecule has 0 bridgehead atoms. The monoisotopic (exact) mass is 577 g/mol. The van der Waals surface area contributed by atoms with E-state index in [1.165, 1.54) is 30.6 Å². The SMILES string of the molecule is CCC(=O)c1csc(NC(=O)[C@@H](NC(=O)C(N)c2ccc(OCCN3CCCCC3)cc2)[C@@H](C)c2ccccc2)n1. The average molecular weight is 578 g/mol. The van der Waals surface area contributed by atoms with E-state index < -0.39 is 23.9 Å². The van der Waals surface area contributed by atoms with Crippen molar-refractivity contribution in [1.29, 1.82) is 0 Å². The Balaban J connectivity index is 1.40. The summed E-state index contributed by atoms with van der Waals surface area (Å²) in [5.41, 5.74) is 8.14. The maximum atomic E-state index is 13.4. The minimum absolute atomic E-state index is 0.103. The maximum absolute atomic E-state index is 13.4. The number of nitrogens with zero attached hydrogens (tertiary/aromatic N) is 2. The molecule has 0 saturated carbocycles. The molecular formula is C31H39N5O4S. The van der Waals surface area contributed by atoms with Crippen molar-refractivity contribution in [1.82, 2.24) is 15.2 Å². The normalized spacial score (nSPS) is 15.9. The van der Waals surface area contributed by atoms with E-state index in [4.69, 9.17) is 10.5 Å². The van der Waals surface area contributed by atoms with E-state index >= 15 is 0 Å². The Labute approximate surface area is 245 Å². The molecular weight excluding hydrogens is 538 g/mol. The summed E-state index contributed by atoms with van der Waals surface area (Å²) in [6, 6.07) is 14.7. The van der Waals surface area contributed by atoms with E-state index in [1.54, 1.807) is 24.4 Å². The Morgan fingerprint density at radius 2 is 1.71 bits per heavy atom. The van der Waals surface area contributed by atoms with Gasteiger partial charge in [-0.15, -0.1) is 11.3 Å². The predicted molar refractivity (Wildman–Crippen MR) is 161 cm³/mol. The number of Topliss-reactive ketones (excluding diaryl/α,β-unsaturated/α-hetero) is 1. The number of hydrogen-bond acceptors (Lipinski definition) is 8. The predicted octanol–water partition coefficient (Wildman–Crippen LogP) is 4.53. The van der Waals surface area contributed by atoms with Gasteiger partial charge in [0.15, 0.2) is 10.9 Å². The van der Waals surface area contributed by atoms with Crippen LogP contribution in [-0.2, 0) is 9.59 Å². The number of thiazole rings is 1. The van der Waals surface area contributed by atoms with Gasteiger partial charge in [-0.2, -0.15) is 0 Å². The summed E-state index contributed by atoms with van der Waals surface area (Å²) in [7, 11) is 0. The number of benzene rings is 2. The minimum Gasteiger partial charge on any atom is -0.492 e. The molecule has 0 aliphatic carbocycles. The van der Waals surface area contributed by atoms with E-state index in [0.717, 1.165) is 30.9 Å². The van der Waals surface area contributed by atoms with Gasteiger partial charge in [0.05, 0.1) is 0 Å². The van der Waals surface area contributed by atoms with Crippen LogP contribution in [0.3, 0.4) is 0 Å². The van der Waals surface area contributed by atoms with Gasteiger partial charge in [0, 0.05) is 24.3 Å². The lowest BCUT2D eigenvalue weighted by Gasteiger charge is -2.26. The lowest BCUT2D eigenvalue weighted by atomic mass is 9.92. The van der Waals surface area contributed by atoms with Crippen molar-refractivity contribution >= 4 is 34.1 Å². The van der Waals surface area contributed by atoms with Gasteiger partial charge in [-0.1, -0.05) is 62.7 Å². The number of nitrogens with two attached hydrogens (primary N) is 1. The van der Waals surface area contributed by atoms with E-state index in [1.807, 2.05) is 49.4 Å². The van der Waals surface area contributed by atoms with Crippen LogP contribution in [-0.4, -0.2) is 59.8 Å². The number of anilines is 1. The van der Waals surface area contributed by atoms with Gasteiger partial charge in [-0.25, -0.2) is 4.98 Å². The number of ether oxygens (including phenoxy) is 1. The molecule has 1 saturated heterocycles. The van der Waals surface area contributed by atoms with Gasteiger partial charge >= 0.3 is 0 Å². The Kier molecular flexibility index (Phi) is 11.0. The molecule has 1 unspecified atom stereocenters. The van der Waals surface area contributed by atoms with E-state index in [9.17, 15) is 14.4 Å². The fraction of sp³-hybridized carbons (Fsp3) is 0.419. The standard InChI is InChI=1S/C31H39N5O4S/c1-3-26(37)25-20-41-31(33-25)35-30(39)28(21(2)22-10-6-4-7-11-22)34-29(38)27(32)23-12-14-24(15-13-23)40-19-18-36-16-8-5-9-17-36/h4,6-7,10-15,20-21,27-28H,3,5,8-9,16-19,32H2,1-2H3,(H,34,38)(H,33,35,39)/t21-,27?,28-/m0/s1. The number of carbonyl (C=O) groups is 3. The molecule has 0 radical (unpaired) electrons. The van der Waals surface area contributed by atoms with Crippen LogP contribution >= 0.6 is 11.3 Å². The van der Waals surface area contributed by atoms with Crippen molar-refractivity contribution in [2.45, 2.75) is 57.5 Å². The van der Waals surface area contributed by atoms with Crippen LogP contribution < -0.4 is 21.1 Å². The molecule has 1 fully saturated rings. The molecule has 2 amide bonds. The highest BCUT2D eigenvalue weighted by Gasteiger charge is 2.31. The first-order chi connectivity index (χ1) is 19.9. The average Bonchev–Trinajstić information content (AvgIpc) is 3.48. The number of ketones is 1. The quantitative estimate of drug-likeness (QED) is 0.255. The highest BCUT2D eigenvalue weighted by Crippen LogP contribution is 2.24. The number of rotatable bonds is 13. The molecule has 41 heavy (non-hydrogen) atoms. The first kappa shape index (κ1) is 30.4. The minimum atomic E-state index is -0.982. The van der Waals surface area contributed by atoms with Crippen molar-refractivity contribution in [3.05, 3.63) is 76.8 Å². The van der Waals surface area contributed by atoms with Crippen LogP contribution in [0.15, 0.2) is 60.0 Å². The molecule has 4 rings (SSSR count). The molecule has 1 aromatic heterocycles. The number of nitrogens with one attached hydrogen (secondary N) is 2. The van der Waals surface area contributed by atoms with Gasteiger partial charge < -0.3 is 21.1 Å². The number of carbonyl (C=O) groups excluding carboxylic acids is 3. The van der Waals surface area contributed by atoms with Crippen molar-refractivity contribution in [3.8, 4) is 5.75 Å². The summed E-state index contributed by atoms with van der Waals surface area (Å²) in [5, 5.41) is 7.54. The van der Waals surface area contributed by atoms with Gasteiger partial charge in [0.25, 0.3) is 0 Å².